The van der Waals surface area contributed by atoms with Crippen molar-refractivity contribution in [1.29, 1.82) is 0 Å². The number of aryl methyl sites for hydroxylation is 4. The predicted molar refractivity (Wildman–Crippen MR) is 174 cm³/mol. The van der Waals surface area contributed by atoms with Gasteiger partial charge in [-0.2, -0.15) is 0 Å². The summed E-state index contributed by atoms with van der Waals surface area (Å²) in [6.45, 7) is 9.34. The first-order valence-corrected chi connectivity index (χ1v) is 15.1. The summed E-state index contributed by atoms with van der Waals surface area (Å²) < 4.78 is 0. The molecule has 0 aliphatic carbocycles. The number of carbonyl (C=O) groups is 2. The zero-order valence-electron chi connectivity index (χ0n) is 25.4. The molecule has 43 heavy (non-hydrogen) atoms. The summed E-state index contributed by atoms with van der Waals surface area (Å²) in [6.07, 6.45) is 5.64. The lowest BCUT2D eigenvalue weighted by molar-refractivity contribution is -0.150. The number of rotatable bonds is 6. The van der Waals surface area contributed by atoms with Crippen molar-refractivity contribution >= 4 is 23.0 Å². The Morgan fingerprint density at radius 1 is 0.488 bits per heavy atom. The molecule has 0 radical (unpaired) electrons. The molecule has 4 nitrogen and oxygen atoms in total. The Kier molecular flexibility index (Phi) is 7.62. The summed E-state index contributed by atoms with van der Waals surface area (Å²) in [7, 11) is 0. The van der Waals surface area contributed by atoms with E-state index in [2.05, 4.69) is 125 Å². The van der Waals surface area contributed by atoms with Crippen LogP contribution in [0.4, 0.5) is 0 Å². The van der Waals surface area contributed by atoms with E-state index in [1.807, 2.05) is 12.2 Å². The molecule has 0 N–H and O–H groups in total. The van der Waals surface area contributed by atoms with E-state index in [1.165, 1.54) is 0 Å². The molecule has 2 aliphatic rings. The highest BCUT2D eigenvalue weighted by atomic mass is 16.2. The molecule has 4 aromatic rings. The normalized spacial score (nSPS) is 15.7. The SMILES string of the molecule is Cc1ccc(C(=CC2(C=C(c3ccc(C)cc3)c3ccc(C)cc3)C(=O)N3CCCCN3C2=O)c2ccc(C)cc2)cc1. The largest absolute Gasteiger partial charge is 0.271 e. The number of hydrogen-bond acceptors (Lipinski definition) is 2. The maximum absolute atomic E-state index is 14.7. The Labute approximate surface area is 254 Å². The molecule has 0 saturated carbocycles. The van der Waals surface area contributed by atoms with Crippen molar-refractivity contribution in [3.05, 3.63) is 154 Å². The van der Waals surface area contributed by atoms with Gasteiger partial charge in [0.05, 0.1) is 0 Å². The van der Waals surface area contributed by atoms with Crippen LogP contribution in [0.1, 0.15) is 57.3 Å². The van der Waals surface area contributed by atoms with Crippen LogP contribution in [-0.4, -0.2) is 34.9 Å². The van der Waals surface area contributed by atoms with Crippen LogP contribution in [-0.2, 0) is 9.59 Å². The van der Waals surface area contributed by atoms with Gasteiger partial charge < -0.3 is 0 Å². The maximum atomic E-state index is 14.7. The first-order chi connectivity index (χ1) is 20.7. The Morgan fingerprint density at radius 2 is 0.744 bits per heavy atom. The van der Waals surface area contributed by atoms with Crippen molar-refractivity contribution in [2.45, 2.75) is 40.5 Å². The summed E-state index contributed by atoms with van der Waals surface area (Å²) in [4.78, 5) is 29.3. The van der Waals surface area contributed by atoms with Crippen LogP contribution in [0.15, 0.2) is 109 Å². The molecule has 2 fully saturated rings. The average Bonchev–Trinajstić information content (AvgIpc) is 3.22. The van der Waals surface area contributed by atoms with Gasteiger partial charge in [-0.15, -0.1) is 0 Å². The van der Waals surface area contributed by atoms with Gasteiger partial charge in [-0.05, 0) is 86.1 Å². The second kappa shape index (κ2) is 11.5. The van der Waals surface area contributed by atoms with E-state index in [4.69, 9.17) is 0 Å². The van der Waals surface area contributed by atoms with E-state index >= 15 is 0 Å². The summed E-state index contributed by atoms with van der Waals surface area (Å²) in [6, 6.07) is 33.3. The zero-order valence-corrected chi connectivity index (χ0v) is 25.4. The molecular formula is C39H38N2O2. The highest BCUT2D eigenvalue weighted by Crippen LogP contribution is 2.43. The smallest absolute Gasteiger partial charge is 0.264 e. The molecule has 0 atom stereocenters. The molecule has 0 aromatic heterocycles. The number of hydrogen-bond donors (Lipinski definition) is 0. The van der Waals surface area contributed by atoms with Crippen molar-refractivity contribution < 1.29 is 9.59 Å². The van der Waals surface area contributed by atoms with Crippen molar-refractivity contribution in [2.75, 3.05) is 13.1 Å². The second-order valence-electron chi connectivity index (χ2n) is 12.0. The topological polar surface area (TPSA) is 40.6 Å². The van der Waals surface area contributed by atoms with Gasteiger partial charge in [-0.25, -0.2) is 10.0 Å². The number of fused-ring (bicyclic) bond motifs is 1. The van der Waals surface area contributed by atoms with Gasteiger partial charge in [-0.1, -0.05) is 119 Å². The van der Waals surface area contributed by atoms with Crippen molar-refractivity contribution in [2.24, 2.45) is 5.41 Å². The van der Waals surface area contributed by atoms with E-state index in [1.54, 1.807) is 10.0 Å². The first-order valence-electron chi connectivity index (χ1n) is 15.1. The van der Waals surface area contributed by atoms with Gasteiger partial charge in [-0.3, -0.25) is 9.59 Å². The molecule has 0 spiro atoms. The summed E-state index contributed by atoms with van der Waals surface area (Å²) in [5.74, 6) is -0.378. The number of amides is 2. The number of nitrogens with zero attached hydrogens (tertiary/aromatic N) is 2. The molecule has 2 amide bonds. The quantitative estimate of drug-likeness (QED) is 0.223. The van der Waals surface area contributed by atoms with Gasteiger partial charge in [0.2, 0.25) is 0 Å². The predicted octanol–water partition coefficient (Wildman–Crippen LogP) is 7.85. The molecule has 6 rings (SSSR count). The van der Waals surface area contributed by atoms with Crippen LogP contribution in [0.2, 0.25) is 0 Å². The van der Waals surface area contributed by atoms with E-state index < -0.39 is 5.41 Å². The van der Waals surface area contributed by atoms with Gasteiger partial charge in [0.25, 0.3) is 11.8 Å². The Balaban J connectivity index is 1.66. The second-order valence-corrected chi connectivity index (χ2v) is 12.0. The lowest BCUT2D eigenvalue weighted by Crippen LogP contribution is -2.45. The lowest BCUT2D eigenvalue weighted by Gasteiger charge is -2.31. The van der Waals surface area contributed by atoms with Gasteiger partial charge in [0.15, 0.2) is 5.41 Å². The zero-order chi connectivity index (χ0) is 30.1. The molecule has 2 aliphatic heterocycles. The highest BCUT2D eigenvalue weighted by Gasteiger charge is 2.57. The summed E-state index contributed by atoms with van der Waals surface area (Å²) in [5.41, 5.74) is 8.70. The highest BCUT2D eigenvalue weighted by molar-refractivity contribution is 6.16. The fourth-order valence-corrected chi connectivity index (χ4v) is 6.05. The van der Waals surface area contributed by atoms with Crippen LogP contribution in [0, 0.1) is 33.1 Å². The average molecular weight is 567 g/mol. The van der Waals surface area contributed by atoms with E-state index in [9.17, 15) is 9.59 Å². The fourth-order valence-electron chi connectivity index (χ4n) is 6.05. The van der Waals surface area contributed by atoms with E-state index in [0.717, 1.165) is 68.5 Å². The number of hydrazine groups is 1. The third kappa shape index (κ3) is 5.46. The minimum Gasteiger partial charge on any atom is -0.271 e. The van der Waals surface area contributed by atoms with Crippen LogP contribution in [0.3, 0.4) is 0 Å². The molecule has 0 bridgehead atoms. The third-order valence-corrected chi connectivity index (χ3v) is 8.65. The summed E-state index contributed by atoms with van der Waals surface area (Å²) in [5, 5.41) is 3.37. The molecule has 2 saturated heterocycles. The lowest BCUT2D eigenvalue weighted by atomic mass is 9.78. The van der Waals surface area contributed by atoms with Crippen LogP contribution >= 0.6 is 0 Å². The van der Waals surface area contributed by atoms with Crippen LogP contribution in [0.5, 0.6) is 0 Å². The summed E-state index contributed by atoms with van der Waals surface area (Å²) >= 11 is 0. The maximum Gasteiger partial charge on any atom is 0.264 e. The monoisotopic (exact) mass is 566 g/mol. The fraction of sp³-hybridized carbons (Fsp3) is 0.231. The van der Waals surface area contributed by atoms with Gasteiger partial charge >= 0.3 is 0 Å². The standard InChI is InChI=1S/C39H38N2O2/c1-27-7-15-31(16-8-27)35(32-17-9-28(2)10-18-32)25-39(37(42)40-23-5-6-24-41(40)38(39)43)26-36(33-19-11-29(3)12-20-33)34-21-13-30(4)14-22-34/h7-22,25-26H,5-6,23-24H2,1-4H3. The van der Waals surface area contributed by atoms with Crippen molar-refractivity contribution in [1.82, 2.24) is 10.0 Å². The Morgan fingerprint density at radius 3 is 1.00 bits per heavy atom. The Hall–Kier alpha value is -4.70. The number of carbonyl (C=O) groups excluding carboxylic acids is 2. The first kappa shape index (κ1) is 28.4. The minimum absolute atomic E-state index is 0.189. The van der Waals surface area contributed by atoms with Crippen molar-refractivity contribution in [3.8, 4) is 0 Å². The number of benzene rings is 4. The van der Waals surface area contributed by atoms with Crippen molar-refractivity contribution in [3.63, 3.8) is 0 Å². The van der Waals surface area contributed by atoms with Gasteiger partial charge in [0, 0.05) is 13.1 Å². The molecule has 216 valence electrons. The molecule has 4 heteroatoms. The van der Waals surface area contributed by atoms with E-state index in [0.29, 0.717) is 13.1 Å². The van der Waals surface area contributed by atoms with E-state index in [-0.39, 0.29) is 11.8 Å². The molecule has 4 aromatic carbocycles. The van der Waals surface area contributed by atoms with Gasteiger partial charge in [0.1, 0.15) is 0 Å². The van der Waals surface area contributed by atoms with Crippen LogP contribution < -0.4 is 0 Å². The molecule has 2 heterocycles. The van der Waals surface area contributed by atoms with Crippen LogP contribution in [0.25, 0.3) is 11.1 Å². The molecular weight excluding hydrogens is 528 g/mol. The minimum atomic E-state index is -1.51. The third-order valence-electron chi connectivity index (χ3n) is 8.65. The molecule has 0 unspecified atom stereocenters. The Bertz CT molecular complexity index is 1480.